The smallest absolute Gasteiger partial charge is 0.261 e. The normalized spacial score (nSPS) is 11.3. The van der Waals surface area contributed by atoms with E-state index in [-0.39, 0.29) is 10.8 Å². The molecular formula is C24H24Cl2N2O3S2. The Balaban J connectivity index is 1.58. The Kier molecular flexibility index (Phi) is 8.70. The second kappa shape index (κ2) is 11.3. The van der Waals surface area contributed by atoms with Gasteiger partial charge in [0.2, 0.25) is 0 Å². The summed E-state index contributed by atoms with van der Waals surface area (Å²) in [5.74, 6) is 1.15. The van der Waals surface area contributed by atoms with Gasteiger partial charge in [0.05, 0.1) is 10.6 Å². The highest BCUT2D eigenvalue weighted by Gasteiger charge is 2.18. The molecule has 0 aliphatic rings. The van der Waals surface area contributed by atoms with Crippen LogP contribution in [0, 0.1) is 13.8 Å². The van der Waals surface area contributed by atoms with Crippen molar-refractivity contribution >= 4 is 56.6 Å². The van der Waals surface area contributed by atoms with E-state index >= 15 is 0 Å². The third-order valence-corrected chi connectivity index (χ3v) is 7.93. The predicted molar refractivity (Wildman–Crippen MR) is 138 cm³/mol. The number of hydrogen-bond donors (Lipinski definition) is 2. The lowest BCUT2D eigenvalue weighted by Gasteiger charge is -2.14. The molecule has 0 heterocycles. The number of sulfonamides is 1. The molecule has 174 valence electrons. The van der Waals surface area contributed by atoms with Crippen LogP contribution in [-0.4, -0.2) is 26.6 Å². The Morgan fingerprint density at radius 1 is 1.00 bits per heavy atom. The molecular weight excluding hydrogens is 499 g/mol. The van der Waals surface area contributed by atoms with Crippen molar-refractivity contribution in [2.45, 2.75) is 24.5 Å². The first kappa shape index (κ1) is 25.4. The Morgan fingerprint density at radius 2 is 1.73 bits per heavy atom. The van der Waals surface area contributed by atoms with Crippen LogP contribution in [0.1, 0.15) is 27.0 Å². The molecule has 3 rings (SSSR count). The molecule has 0 aromatic heterocycles. The van der Waals surface area contributed by atoms with E-state index in [9.17, 15) is 13.2 Å². The standard InChI is InChI=1S/C24H24Cl2N2O3S2/c1-16-6-10-20(11-7-16)33(30,31)28-23-5-3-4-21(17(23)2)24(29)27-12-13-32-15-18-8-9-19(25)14-22(18)26/h3-11,14,28H,12-13,15H2,1-2H3,(H,27,29). The van der Waals surface area contributed by atoms with E-state index in [0.717, 1.165) is 11.1 Å². The Hall–Kier alpha value is -2.19. The van der Waals surface area contributed by atoms with Crippen molar-refractivity contribution in [3.8, 4) is 0 Å². The fourth-order valence-corrected chi connectivity index (χ4v) is 5.61. The van der Waals surface area contributed by atoms with Crippen LogP contribution in [0.5, 0.6) is 0 Å². The molecule has 1 amide bonds. The third kappa shape index (κ3) is 6.90. The zero-order valence-electron chi connectivity index (χ0n) is 18.2. The number of thioether (sulfide) groups is 1. The molecule has 0 bridgehead atoms. The van der Waals surface area contributed by atoms with E-state index in [1.807, 2.05) is 13.0 Å². The highest BCUT2D eigenvalue weighted by atomic mass is 35.5. The van der Waals surface area contributed by atoms with Crippen LogP contribution >= 0.6 is 35.0 Å². The SMILES string of the molecule is Cc1ccc(S(=O)(=O)Nc2cccc(C(=O)NCCSCc3ccc(Cl)cc3Cl)c2C)cc1. The topological polar surface area (TPSA) is 75.3 Å². The van der Waals surface area contributed by atoms with Crippen LogP contribution in [0.2, 0.25) is 10.0 Å². The summed E-state index contributed by atoms with van der Waals surface area (Å²) in [6.45, 7) is 4.08. The van der Waals surface area contributed by atoms with E-state index < -0.39 is 10.0 Å². The summed E-state index contributed by atoms with van der Waals surface area (Å²) < 4.78 is 28.0. The zero-order valence-corrected chi connectivity index (χ0v) is 21.3. The second-order valence-corrected chi connectivity index (χ2v) is 11.1. The number of anilines is 1. The average molecular weight is 524 g/mol. The van der Waals surface area contributed by atoms with E-state index in [0.29, 0.717) is 44.9 Å². The summed E-state index contributed by atoms with van der Waals surface area (Å²) in [5, 5.41) is 4.11. The number of halogens is 2. The lowest BCUT2D eigenvalue weighted by Crippen LogP contribution is -2.27. The summed E-state index contributed by atoms with van der Waals surface area (Å²) >= 11 is 13.7. The lowest BCUT2D eigenvalue weighted by molar-refractivity contribution is 0.0955. The van der Waals surface area contributed by atoms with Crippen molar-refractivity contribution in [1.29, 1.82) is 0 Å². The molecule has 0 saturated carbocycles. The first-order valence-electron chi connectivity index (χ1n) is 10.2. The van der Waals surface area contributed by atoms with E-state index in [2.05, 4.69) is 10.0 Å². The number of rotatable bonds is 9. The molecule has 2 N–H and O–H groups in total. The van der Waals surface area contributed by atoms with E-state index in [4.69, 9.17) is 23.2 Å². The molecule has 0 spiro atoms. The number of benzene rings is 3. The van der Waals surface area contributed by atoms with E-state index in [1.165, 1.54) is 0 Å². The number of hydrogen-bond acceptors (Lipinski definition) is 4. The fraction of sp³-hybridized carbons (Fsp3) is 0.208. The van der Waals surface area contributed by atoms with Crippen LogP contribution in [-0.2, 0) is 15.8 Å². The van der Waals surface area contributed by atoms with Gasteiger partial charge in [0.25, 0.3) is 15.9 Å². The number of amides is 1. The average Bonchev–Trinajstić information content (AvgIpc) is 2.76. The molecule has 0 radical (unpaired) electrons. The number of carbonyl (C=O) groups is 1. The van der Waals surface area contributed by atoms with Crippen molar-refractivity contribution in [3.05, 3.63) is 93.0 Å². The first-order valence-corrected chi connectivity index (χ1v) is 13.6. The van der Waals surface area contributed by atoms with Gasteiger partial charge in [-0.3, -0.25) is 9.52 Å². The predicted octanol–water partition coefficient (Wildman–Crippen LogP) is 6.07. The minimum absolute atomic E-state index is 0.167. The lowest BCUT2D eigenvalue weighted by atomic mass is 10.1. The van der Waals surface area contributed by atoms with Gasteiger partial charge in [-0.2, -0.15) is 11.8 Å². The summed E-state index contributed by atoms with van der Waals surface area (Å²) in [6.07, 6.45) is 0. The molecule has 0 fully saturated rings. The highest BCUT2D eigenvalue weighted by Crippen LogP contribution is 2.25. The second-order valence-electron chi connectivity index (χ2n) is 7.44. The number of aryl methyl sites for hydroxylation is 1. The van der Waals surface area contributed by atoms with Gasteiger partial charge in [-0.25, -0.2) is 8.42 Å². The molecule has 33 heavy (non-hydrogen) atoms. The fourth-order valence-electron chi connectivity index (χ4n) is 3.07. The number of nitrogens with one attached hydrogen (secondary N) is 2. The quantitative estimate of drug-likeness (QED) is 0.334. The minimum atomic E-state index is -3.76. The highest BCUT2D eigenvalue weighted by molar-refractivity contribution is 7.98. The maximum atomic E-state index is 12.7. The largest absolute Gasteiger partial charge is 0.351 e. The van der Waals surface area contributed by atoms with Gasteiger partial charge in [0.15, 0.2) is 0 Å². The molecule has 3 aromatic rings. The summed E-state index contributed by atoms with van der Waals surface area (Å²) in [6, 6.07) is 17.0. The van der Waals surface area contributed by atoms with Gasteiger partial charge < -0.3 is 5.32 Å². The maximum Gasteiger partial charge on any atom is 0.261 e. The first-order chi connectivity index (χ1) is 15.7. The third-order valence-electron chi connectivity index (χ3n) is 4.96. The van der Waals surface area contributed by atoms with Crippen LogP contribution < -0.4 is 10.0 Å². The van der Waals surface area contributed by atoms with Gasteiger partial charge >= 0.3 is 0 Å². The maximum absolute atomic E-state index is 12.7. The summed E-state index contributed by atoms with van der Waals surface area (Å²) in [5.41, 5.74) is 3.31. The molecule has 0 aliphatic carbocycles. The molecule has 0 saturated heterocycles. The summed E-state index contributed by atoms with van der Waals surface area (Å²) in [7, 11) is -3.76. The number of carbonyl (C=O) groups excluding carboxylic acids is 1. The van der Waals surface area contributed by atoms with Crippen molar-refractivity contribution in [2.75, 3.05) is 17.0 Å². The Labute approximate surface area is 208 Å². The Bertz CT molecular complexity index is 1250. The molecule has 9 heteroatoms. The van der Waals surface area contributed by atoms with Crippen molar-refractivity contribution in [3.63, 3.8) is 0 Å². The van der Waals surface area contributed by atoms with Gasteiger partial charge in [-0.15, -0.1) is 0 Å². The minimum Gasteiger partial charge on any atom is -0.351 e. The van der Waals surface area contributed by atoms with Crippen LogP contribution in [0.25, 0.3) is 0 Å². The van der Waals surface area contributed by atoms with Gasteiger partial charge in [0, 0.05) is 33.7 Å². The van der Waals surface area contributed by atoms with E-state index in [1.54, 1.807) is 73.3 Å². The monoisotopic (exact) mass is 522 g/mol. The van der Waals surface area contributed by atoms with Crippen LogP contribution in [0.4, 0.5) is 5.69 Å². The van der Waals surface area contributed by atoms with Crippen LogP contribution in [0.3, 0.4) is 0 Å². The molecule has 5 nitrogen and oxygen atoms in total. The summed E-state index contributed by atoms with van der Waals surface area (Å²) in [4.78, 5) is 12.8. The molecule has 0 aliphatic heterocycles. The van der Waals surface area contributed by atoms with Crippen molar-refractivity contribution in [2.24, 2.45) is 0 Å². The van der Waals surface area contributed by atoms with Crippen LogP contribution in [0.15, 0.2) is 65.6 Å². The van der Waals surface area contributed by atoms with Gasteiger partial charge in [0.1, 0.15) is 0 Å². The Morgan fingerprint density at radius 3 is 2.42 bits per heavy atom. The molecule has 0 atom stereocenters. The zero-order chi connectivity index (χ0) is 24.0. The molecule has 3 aromatic carbocycles. The van der Waals surface area contributed by atoms with Crippen molar-refractivity contribution < 1.29 is 13.2 Å². The van der Waals surface area contributed by atoms with Crippen molar-refractivity contribution in [1.82, 2.24) is 5.32 Å². The van der Waals surface area contributed by atoms with Gasteiger partial charge in [-0.05, 0) is 61.4 Å². The molecule has 0 unspecified atom stereocenters. The van der Waals surface area contributed by atoms with Gasteiger partial charge in [-0.1, -0.05) is 53.0 Å².